The molecule has 1 aliphatic heterocycles. The first-order valence-corrected chi connectivity index (χ1v) is 9.50. The Hall–Kier alpha value is -2.56. The van der Waals surface area contributed by atoms with Crippen molar-refractivity contribution in [3.05, 3.63) is 29.8 Å². The second-order valence-corrected chi connectivity index (χ2v) is 7.71. The molecule has 0 unspecified atom stereocenters. The normalized spacial score (nSPS) is 15.0. The van der Waals surface area contributed by atoms with E-state index < -0.39 is 39.0 Å². The molecule has 0 atom stereocenters. The maximum absolute atomic E-state index is 12.5. The molecule has 1 aromatic carbocycles. The van der Waals surface area contributed by atoms with Crippen molar-refractivity contribution in [2.75, 3.05) is 32.8 Å². The van der Waals surface area contributed by atoms with E-state index in [1.807, 2.05) is 0 Å². The van der Waals surface area contributed by atoms with Crippen LogP contribution in [-0.2, 0) is 24.2 Å². The number of benzene rings is 1. The van der Waals surface area contributed by atoms with Crippen LogP contribution >= 0.6 is 0 Å². The molecule has 1 aromatic rings. The van der Waals surface area contributed by atoms with Crippen LogP contribution in [0.3, 0.4) is 0 Å². The molecule has 0 radical (unpaired) electrons. The molecular weight excluding hydrogens is 386 g/mol. The van der Waals surface area contributed by atoms with E-state index in [0.717, 1.165) is 24.3 Å². The largest absolute Gasteiger partial charge is 0.452 e. The number of esters is 1. The molecule has 1 aliphatic rings. The summed E-state index contributed by atoms with van der Waals surface area (Å²) in [7, 11) is -4.74. The lowest BCUT2D eigenvalue weighted by molar-refractivity contribution is -0.140. The Morgan fingerprint density at radius 2 is 1.56 bits per heavy atom. The number of hydrogen-bond acceptors (Lipinski definition) is 6. The van der Waals surface area contributed by atoms with Crippen LogP contribution in [0.5, 0.6) is 0 Å². The summed E-state index contributed by atoms with van der Waals surface area (Å²) in [6.07, 6.45) is 0. The van der Waals surface area contributed by atoms with Crippen molar-refractivity contribution >= 4 is 27.6 Å². The Kier molecular flexibility index (Phi) is 6.47. The lowest BCUT2D eigenvalue weighted by Crippen LogP contribution is -2.51. The minimum Gasteiger partial charge on any atom is -0.452 e. The van der Waals surface area contributed by atoms with Gasteiger partial charge < -0.3 is 14.5 Å². The number of alkyl halides is 2. The quantitative estimate of drug-likeness (QED) is 0.664. The predicted molar refractivity (Wildman–Crippen MR) is 88.7 cm³/mol. The van der Waals surface area contributed by atoms with Gasteiger partial charge in [-0.15, -0.1) is 0 Å². The highest BCUT2D eigenvalue weighted by Crippen LogP contribution is 2.19. The number of rotatable bonds is 5. The first-order chi connectivity index (χ1) is 12.6. The number of hydrogen-bond donors (Lipinski definition) is 0. The van der Waals surface area contributed by atoms with Crippen molar-refractivity contribution in [3.8, 4) is 0 Å². The van der Waals surface area contributed by atoms with Gasteiger partial charge in [0.15, 0.2) is 6.61 Å². The number of carbonyl (C=O) groups excluding carboxylic acids is 3. The topological polar surface area (TPSA) is 101 Å². The van der Waals surface area contributed by atoms with Crippen molar-refractivity contribution < 1.29 is 36.3 Å². The molecule has 0 spiro atoms. The Balaban J connectivity index is 1.89. The van der Waals surface area contributed by atoms with Crippen LogP contribution in [0, 0.1) is 0 Å². The minimum atomic E-state index is -4.74. The molecule has 0 bridgehead atoms. The maximum atomic E-state index is 12.5. The summed E-state index contributed by atoms with van der Waals surface area (Å²) in [5.74, 6) is -4.95. The van der Waals surface area contributed by atoms with Crippen LogP contribution in [0.15, 0.2) is 29.2 Å². The maximum Gasteiger partial charge on any atom is 0.341 e. The molecule has 27 heavy (non-hydrogen) atoms. The molecule has 0 aromatic heterocycles. The standard InChI is InChI=1S/C16H18F2N2O6S/c1-11(21)19-6-8-20(9-7-19)14(22)10-26-15(23)12-2-4-13(5-3-12)27(24,25)16(17)18/h2-5,16H,6-10H2,1H3. The van der Waals surface area contributed by atoms with Crippen molar-refractivity contribution in [1.29, 1.82) is 0 Å². The average molecular weight is 404 g/mol. The van der Waals surface area contributed by atoms with Gasteiger partial charge in [-0.2, -0.15) is 8.78 Å². The Labute approximate surface area is 154 Å². The van der Waals surface area contributed by atoms with E-state index in [1.165, 1.54) is 11.8 Å². The molecule has 0 saturated carbocycles. The summed E-state index contributed by atoms with van der Waals surface area (Å²) in [5, 5.41) is 0. The summed E-state index contributed by atoms with van der Waals surface area (Å²) >= 11 is 0. The Morgan fingerprint density at radius 3 is 2.04 bits per heavy atom. The van der Waals surface area contributed by atoms with E-state index >= 15 is 0 Å². The second kappa shape index (κ2) is 8.42. The lowest BCUT2D eigenvalue weighted by Gasteiger charge is -2.34. The molecule has 11 heteroatoms. The summed E-state index contributed by atoms with van der Waals surface area (Å²) in [6.45, 7) is 2.38. The van der Waals surface area contributed by atoms with Gasteiger partial charge in [-0.25, -0.2) is 13.2 Å². The number of piperazine rings is 1. The third-order valence-corrected chi connectivity index (χ3v) is 5.46. The van der Waals surface area contributed by atoms with E-state index in [4.69, 9.17) is 4.74 Å². The zero-order valence-electron chi connectivity index (χ0n) is 14.4. The number of ether oxygens (including phenoxy) is 1. The highest BCUT2D eigenvalue weighted by Gasteiger charge is 2.27. The summed E-state index contributed by atoms with van der Waals surface area (Å²) in [5.41, 5.74) is -0.0718. The first-order valence-electron chi connectivity index (χ1n) is 7.95. The number of sulfone groups is 1. The van der Waals surface area contributed by atoms with Crippen molar-refractivity contribution in [2.24, 2.45) is 0 Å². The highest BCUT2D eigenvalue weighted by atomic mass is 32.2. The lowest BCUT2D eigenvalue weighted by atomic mass is 10.2. The van der Waals surface area contributed by atoms with E-state index in [0.29, 0.717) is 26.2 Å². The number of amides is 2. The average Bonchev–Trinajstić information content (AvgIpc) is 2.65. The van der Waals surface area contributed by atoms with Crippen molar-refractivity contribution in [1.82, 2.24) is 9.80 Å². The van der Waals surface area contributed by atoms with Gasteiger partial charge in [0.2, 0.25) is 15.7 Å². The van der Waals surface area contributed by atoms with Crippen molar-refractivity contribution in [2.45, 2.75) is 17.6 Å². The van der Waals surface area contributed by atoms with Crippen LogP contribution in [0.1, 0.15) is 17.3 Å². The molecular formula is C16H18F2N2O6S. The van der Waals surface area contributed by atoms with Gasteiger partial charge >= 0.3 is 11.7 Å². The first kappa shape index (κ1) is 20.7. The zero-order chi connectivity index (χ0) is 20.2. The Morgan fingerprint density at radius 1 is 1.04 bits per heavy atom. The fourth-order valence-electron chi connectivity index (χ4n) is 2.46. The smallest absolute Gasteiger partial charge is 0.341 e. The number of halogens is 2. The fraction of sp³-hybridized carbons (Fsp3) is 0.438. The van der Waals surface area contributed by atoms with Gasteiger partial charge in [0.1, 0.15) is 0 Å². The fourth-order valence-corrected chi connectivity index (χ4v) is 3.18. The highest BCUT2D eigenvalue weighted by molar-refractivity contribution is 7.91. The summed E-state index contributed by atoms with van der Waals surface area (Å²) < 4.78 is 52.5. The third kappa shape index (κ3) is 5.00. The van der Waals surface area contributed by atoms with Gasteiger partial charge in [0.05, 0.1) is 10.5 Å². The summed E-state index contributed by atoms with van der Waals surface area (Å²) in [6, 6.07) is 3.82. The van der Waals surface area contributed by atoms with Gasteiger partial charge in [-0.3, -0.25) is 9.59 Å². The summed E-state index contributed by atoms with van der Waals surface area (Å²) in [4.78, 5) is 37.7. The van der Waals surface area contributed by atoms with Crippen LogP contribution < -0.4 is 0 Å². The zero-order valence-corrected chi connectivity index (χ0v) is 15.2. The van der Waals surface area contributed by atoms with Crippen LogP contribution in [0.4, 0.5) is 8.78 Å². The van der Waals surface area contributed by atoms with Gasteiger partial charge in [0, 0.05) is 33.1 Å². The molecule has 148 valence electrons. The predicted octanol–water partition coefficient (Wildman–Crippen LogP) is 0.530. The SMILES string of the molecule is CC(=O)N1CCN(C(=O)COC(=O)c2ccc(S(=O)(=O)C(F)F)cc2)CC1. The molecule has 1 heterocycles. The van der Waals surface area contributed by atoms with Crippen LogP contribution in [0.25, 0.3) is 0 Å². The third-order valence-electron chi connectivity index (χ3n) is 4.06. The minimum absolute atomic E-state index is 0.0718. The van der Waals surface area contributed by atoms with Gasteiger partial charge in [-0.05, 0) is 24.3 Å². The van der Waals surface area contributed by atoms with E-state index in [-0.39, 0.29) is 11.5 Å². The van der Waals surface area contributed by atoms with E-state index in [2.05, 4.69) is 0 Å². The van der Waals surface area contributed by atoms with E-state index in [1.54, 1.807) is 4.90 Å². The second-order valence-electron chi connectivity index (χ2n) is 5.79. The van der Waals surface area contributed by atoms with Gasteiger partial charge in [-0.1, -0.05) is 0 Å². The molecule has 1 fully saturated rings. The van der Waals surface area contributed by atoms with E-state index in [9.17, 15) is 31.6 Å². The van der Waals surface area contributed by atoms with Crippen LogP contribution in [0.2, 0.25) is 0 Å². The molecule has 0 N–H and O–H groups in total. The molecule has 2 amide bonds. The Bertz CT molecular complexity index is 818. The molecule has 0 aliphatic carbocycles. The van der Waals surface area contributed by atoms with Gasteiger partial charge in [0.25, 0.3) is 5.91 Å². The number of carbonyl (C=O) groups is 3. The monoisotopic (exact) mass is 404 g/mol. The van der Waals surface area contributed by atoms with Crippen molar-refractivity contribution in [3.63, 3.8) is 0 Å². The van der Waals surface area contributed by atoms with Crippen LogP contribution in [-0.4, -0.2) is 74.5 Å². The molecule has 2 rings (SSSR count). The molecule has 1 saturated heterocycles. The molecule has 8 nitrogen and oxygen atoms in total. The number of nitrogens with zero attached hydrogens (tertiary/aromatic N) is 2.